The van der Waals surface area contributed by atoms with E-state index in [2.05, 4.69) is 41.4 Å². The molecule has 2 aliphatic carbocycles. The van der Waals surface area contributed by atoms with Gasteiger partial charge >= 0.3 is 5.97 Å². The number of carbonyl (C=O) groups is 1. The van der Waals surface area contributed by atoms with Gasteiger partial charge in [-0.05, 0) is 42.9 Å². The maximum absolute atomic E-state index is 11.0. The summed E-state index contributed by atoms with van der Waals surface area (Å²) in [6, 6.07) is 6.49. The van der Waals surface area contributed by atoms with Crippen LogP contribution in [-0.2, 0) is 9.53 Å². The monoisotopic (exact) mass is 383 g/mol. The Morgan fingerprint density at radius 2 is 2.19 bits per heavy atom. The number of thiazole rings is 1. The van der Waals surface area contributed by atoms with E-state index in [0.29, 0.717) is 12.3 Å². The lowest BCUT2D eigenvalue weighted by atomic mass is 9.69. The molecule has 0 spiro atoms. The first-order valence-electron chi connectivity index (χ1n) is 9.62. The van der Waals surface area contributed by atoms with E-state index in [1.54, 1.807) is 11.3 Å². The number of allylic oxidation sites excluding steroid dienone is 2. The number of ether oxygens (including phenoxy) is 1. The van der Waals surface area contributed by atoms with E-state index in [1.807, 2.05) is 12.6 Å². The number of methoxy groups -OCH3 is 1. The fourth-order valence-electron chi connectivity index (χ4n) is 4.71. The Morgan fingerprint density at radius 3 is 2.93 bits per heavy atom. The molecule has 142 valence electrons. The minimum absolute atomic E-state index is 0.0745. The second-order valence-corrected chi connectivity index (χ2v) is 8.45. The summed E-state index contributed by atoms with van der Waals surface area (Å²) < 4.78 is 7.42. The first-order valence-corrected chi connectivity index (χ1v) is 10.5. The molecule has 2 unspecified atom stereocenters. The van der Waals surface area contributed by atoms with Crippen molar-refractivity contribution in [2.75, 3.05) is 7.11 Å². The van der Waals surface area contributed by atoms with Crippen molar-refractivity contribution in [3.05, 3.63) is 53.1 Å². The molecule has 1 aromatic carbocycles. The molecule has 2 aliphatic rings. The highest BCUT2D eigenvalue weighted by Gasteiger charge is 2.46. The van der Waals surface area contributed by atoms with E-state index in [9.17, 15) is 4.79 Å². The van der Waals surface area contributed by atoms with Crippen LogP contribution in [-0.4, -0.2) is 28.8 Å². The molecule has 1 aromatic heterocycles. The normalized spacial score (nSPS) is 25.8. The molecule has 2 atom stereocenters. The third kappa shape index (κ3) is 3.46. The summed E-state index contributed by atoms with van der Waals surface area (Å²) in [6.45, 7) is 0. The minimum Gasteiger partial charge on any atom is -0.481 e. The molecule has 1 saturated carbocycles. The maximum Gasteiger partial charge on any atom is 0.303 e. The molecule has 2 aromatic rings. The molecule has 1 N–H and O–H groups in total. The molecule has 1 heterocycles. The van der Waals surface area contributed by atoms with Crippen LogP contribution in [0.1, 0.15) is 50.0 Å². The highest BCUT2D eigenvalue weighted by molar-refractivity contribution is 7.16. The van der Waals surface area contributed by atoms with Crippen LogP contribution in [0.4, 0.5) is 0 Å². The third-order valence-corrected chi connectivity index (χ3v) is 6.92. The van der Waals surface area contributed by atoms with Gasteiger partial charge in [0.05, 0.1) is 21.3 Å². The van der Waals surface area contributed by atoms with Gasteiger partial charge in [-0.15, -0.1) is 11.3 Å². The molecular formula is C22H25NO3S. The first-order chi connectivity index (χ1) is 13.1. The Hall–Kier alpha value is -1.98. The number of carboxylic acid groups (broad SMARTS) is 1. The van der Waals surface area contributed by atoms with Gasteiger partial charge in [-0.25, -0.2) is 4.98 Å². The number of fused-ring (bicyclic) bond motifs is 1. The van der Waals surface area contributed by atoms with Gasteiger partial charge < -0.3 is 9.84 Å². The molecule has 0 saturated heterocycles. The summed E-state index contributed by atoms with van der Waals surface area (Å²) >= 11 is 1.65. The summed E-state index contributed by atoms with van der Waals surface area (Å²) in [6.07, 6.45) is 12.1. The number of hydrogen-bond donors (Lipinski definition) is 1. The predicted octanol–water partition coefficient (Wildman–Crippen LogP) is 5.32. The van der Waals surface area contributed by atoms with Gasteiger partial charge in [-0.3, -0.25) is 4.79 Å². The van der Waals surface area contributed by atoms with Crippen LogP contribution in [0.3, 0.4) is 0 Å². The van der Waals surface area contributed by atoms with Crippen LogP contribution in [0.15, 0.2) is 47.5 Å². The van der Waals surface area contributed by atoms with E-state index in [4.69, 9.17) is 9.84 Å². The first kappa shape index (κ1) is 18.4. The van der Waals surface area contributed by atoms with Gasteiger partial charge in [0.25, 0.3) is 0 Å². The van der Waals surface area contributed by atoms with Gasteiger partial charge in [0.2, 0.25) is 0 Å². The predicted molar refractivity (Wildman–Crippen MR) is 108 cm³/mol. The van der Waals surface area contributed by atoms with Crippen molar-refractivity contribution in [3.8, 4) is 0 Å². The molecule has 0 radical (unpaired) electrons. The average molecular weight is 384 g/mol. The molecule has 1 fully saturated rings. The van der Waals surface area contributed by atoms with Crippen LogP contribution in [0, 0.1) is 5.92 Å². The van der Waals surface area contributed by atoms with Gasteiger partial charge in [-0.2, -0.15) is 0 Å². The maximum atomic E-state index is 11.0. The van der Waals surface area contributed by atoms with Gasteiger partial charge in [0.1, 0.15) is 0 Å². The standard InChI is InChI=1S/C22H25NO3S/c1-26-22(17-4-2-3-5-17)11-10-15(6-9-21(24)25)12-18(22)16-7-8-20-19(13-16)23-14-27-20/h7-8,10-14,17-18H,2-6,9H2,1H3,(H,24,25). The fraction of sp³-hybridized carbons (Fsp3) is 0.455. The average Bonchev–Trinajstić information content (AvgIpc) is 3.37. The number of aliphatic carboxylic acids is 1. The zero-order chi connectivity index (χ0) is 18.9. The lowest BCUT2D eigenvalue weighted by Crippen LogP contribution is -2.43. The van der Waals surface area contributed by atoms with Crippen molar-refractivity contribution in [1.82, 2.24) is 4.98 Å². The second-order valence-electron chi connectivity index (χ2n) is 7.56. The summed E-state index contributed by atoms with van der Waals surface area (Å²) in [5, 5.41) is 9.06. The minimum atomic E-state index is -0.760. The smallest absolute Gasteiger partial charge is 0.303 e. The highest BCUT2D eigenvalue weighted by atomic mass is 32.1. The zero-order valence-electron chi connectivity index (χ0n) is 15.6. The zero-order valence-corrected chi connectivity index (χ0v) is 16.4. The molecule has 4 rings (SSSR count). The van der Waals surface area contributed by atoms with E-state index in [1.165, 1.54) is 35.9 Å². The van der Waals surface area contributed by atoms with Crippen LogP contribution in [0.2, 0.25) is 0 Å². The van der Waals surface area contributed by atoms with E-state index >= 15 is 0 Å². The largest absolute Gasteiger partial charge is 0.481 e. The number of nitrogens with zero attached hydrogens (tertiary/aromatic N) is 1. The third-order valence-electron chi connectivity index (χ3n) is 6.11. The molecule has 0 amide bonds. The van der Waals surface area contributed by atoms with Crippen molar-refractivity contribution in [2.45, 2.75) is 50.0 Å². The number of hydrogen-bond acceptors (Lipinski definition) is 4. The second kappa shape index (κ2) is 7.56. The van der Waals surface area contributed by atoms with Crippen molar-refractivity contribution >= 4 is 27.5 Å². The summed E-state index contributed by atoms with van der Waals surface area (Å²) in [5.41, 5.74) is 4.80. The van der Waals surface area contributed by atoms with Crippen molar-refractivity contribution in [3.63, 3.8) is 0 Å². The highest BCUT2D eigenvalue weighted by Crippen LogP contribution is 2.49. The van der Waals surface area contributed by atoms with E-state index in [0.717, 1.165) is 11.1 Å². The SMILES string of the molecule is COC1(C2CCCC2)C=CC(CCC(=O)O)=CC1c1ccc2scnc2c1. The number of carboxylic acids is 1. The van der Waals surface area contributed by atoms with Crippen molar-refractivity contribution in [1.29, 1.82) is 0 Å². The summed E-state index contributed by atoms with van der Waals surface area (Å²) in [7, 11) is 1.81. The molecule has 5 heteroatoms. The van der Waals surface area contributed by atoms with E-state index < -0.39 is 5.97 Å². The summed E-state index contributed by atoms with van der Waals surface area (Å²) in [4.78, 5) is 15.5. The molecule has 4 nitrogen and oxygen atoms in total. The molecular weight excluding hydrogens is 358 g/mol. The van der Waals surface area contributed by atoms with Crippen molar-refractivity contribution in [2.24, 2.45) is 5.92 Å². The van der Waals surface area contributed by atoms with Gasteiger partial charge in [0.15, 0.2) is 0 Å². The molecule has 27 heavy (non-hydrogen) atoms. The Bertz CT molecular complexity index is 894. The fourth-order valence-corrected chi connectivity index (χ4v) is 5.37. The molecule has 0 bridgehead atoms. The van der Waals surface area contributed by atoms with Crippen LogP contribution < -0.4 is 0 Å². The van der Waals surface area contributed by atoms with Crippen molar-refractivity contribution < 1.29 is 14.6 Å². The quantitative estimate of drug-likeness (QED) is 0.734. The van der Waals surface area contributed by atoms with Gasteiger partial charge in [-0.1, -0.05) is 42.7 Å². The number of rotatable bonds is 6. The molecule has 0 aliphatic heterocycles. The Balaban J connectivity index is 1.76. The Kier molecular flexibility index (Phi) is 5.15. The van der Waals surface area contributed by atoms with Gasteiger partial charge in [0, 0.05) is 19.4 Å². The topological polar surface area (TPSA) is 59.4 Å². The lowest BCUT2D eigenvalue weighted by Gasteiger charge is -2.43. The lowest BCUT2D eigenvalue weighted by molar-refractivity contribution is -0.136. The Labute approximate surface area is 163 Å². The number of benzene rings is 1. The van der Waals surface area contributed by atoms with Crippen LogP contribution in [0.5, 0.6) is 0 Å². The Morgan fingerprint density at radius 1 is 1.37 bits per heavy atom. The van der Waals surface area contributed by atoms with Crippen LogP contribution in [0.25, 0.3) is 10.2 Å². The van der Waals surface area contributed by atoms with Crippen LogP contribution >= 0.6 is 11.3 Å². The van der Waals surface area contributed by atoms with E-state index in [-0.39, 0.29) is 17.9 Å². The number of aromatic nitrogens is 1. The summed E-state index contributed by atoms with van der Waals surface area (Å²) in [5.74, 6) is -0.207.